The van der Waals surface area contributed by atoms with E-state index in [9.17, 15) is 9.90 Å². The number of carbonyl (C=O) groups excluding carboxylic acids is 1. The Bertz CT molecular complexity index is 1030. The van der Waals surface area contributed by atoms with E-state index in [0.717, 1.165) is 34.6 Å². The molecule has 0 saturated heterocycles. The predicted molar refractivity (Wildman–Crippen MR) is 144 cm³/mol. The number of benzene rings is 3. The monoisotopic (exact) mass is 499 g/mol. The van der Waals surface area contributed by atoms with Crippen LogP contribution in [0.3, 0.4) is 0 Å². The third-order valence-corrected chi connectivity index (χ3v) is 6.30. The van der Waals surface area contributed by atoms with E-state index >= 15 is 0 Å². The zero-order chi connectivity index (χ0) is 23.6. The van der Waals surface area contributed by atoms with Gasteiger partial charge in [0, 0.05) is 16.7 Å². The topological polar surface area (TPSA) is 58.6 Å². The molecule has 1 atom stereocenters. The van der Waals surface area contributed by atoms with Crippen molar-refractivity contribution in [2.75, 3.05) is 19.7 Å². The maximum Gasteiger partial charge on any atom is 0.339 e. The van der Waals surface area contributed by atoms with Crippen LogP contribution in [0.2, 0.25) is 0 Å². The highest BCUT2D eigenvalue weighted by molar-refractivity contribution is 8.00. The summed E-state index contributed by atoms with van der Waals surface area (Å²) in [5, 5.41) is 13.9. The van der Waals surface area contributed by atoms with Gasteiger partial charge in [0.2, 0.25) is 0 Å². The number of thioether (sulfide) groups is 1. The van der Waals surface area contributed by atoms with Gasteiger partial charge in [-0.05, 0) is 54.3 Å². The molecule has 0 aliphatic heterocycles. The van der Waals surface area contributed by atoms with Crippen molar-refractivity contribution in [1.29, 1.82) is 0 Å². The molecule has 0 aliphatic carbocycles. The number of hydrogen-bond acceptors (Lipinski definition) is 5. The molecule has 182 valence electrons. The number of aliphatic hydroxyl groups excluding tert-OH is 1. The number of carbonyl (C=O) groups is 1. The summed E-state index contributed by atoms with van der Waals surface area (Å²) in [5.41, 5.74) is 4.99. The lowest BCUT2D eigenvalue weighted by atomic mass is 10.0. The van der Waals surface area contributed by atoms with Crippen molar-refractivity contribution in [3.8, 4) is 11.1 Å². The van der Waals surface area contributed by atoms with Crippen molar-refractivity contribution in [2.24, 2.45) is 0 Å². The molecule has 6 heteroatoms. The van der Waals surface area contributed by atoms with Crippen molar-refractivity contribution in [3.63, 3.8) is 0 Å². The molecule has 3 aromatic carbocycles. The predicted octanol–water partition coefficient (Wildman–Crippen LogP) is 6.32. The third-order valence-electron chi connectivity index (χ3n) is 5.24. The lowest BCUT2D eigenvalue weighted by molar-refractivity contribution is 0.0522. The van der Waals surface area contributed by atoms with Crippen LogP contribution in [0.15, 0.2) is 77.7 Å². The molecule has 3 rings (SSSR count). The van der Waals surface area contributed by atoms with Gasteiger partial charge in [-0.25, -0.2) is 4.79 Å². The van der Waals surface area contributed by atoms with Gasteiger partial charge in [-0.15, -0.1) is 24.2 Å². The molecule has 0 radical (unpaired) electrons. The van der Waals surface area contributed by atoms with Crippen LogP contribution in [0.5, 0.6) is 0 Å². The molecule has 34 heavy (non-hydrogen) atoms. The molecule has 0 unspecified atom stereocenters. The molecule has 0 aliphatic rings. The van der Waals surface area contributed by atoms with Crippen LogP contribution in [0.4, 0.5) is 0 Å². The van der Waals surface area contributed by atoms with Crippen LogP contribution in [-0.4, -0.2) is 36.0 Å². The van der Waals surface area contributed by atoms with Crippen LogP contribution >= 0.6 is 24.2 Å². The molecule has 2 N–H and O–H groups in total. The van der Waals surface area contributed by atoms with E-state index < -0.39 is 6.10 Å². The van der Waals surface area contributed by atoms with Gasteiger partial charge in [-0.3, -0.25) is 0 Å². The fourth-order valence-electron chi connectivity index (χ4n) is 3.56. The van der Waals surface area contributed by atoms with Gasteiger partial charge < -0.3 is 15.2 Å². The number of aliphatic hydroxyl groups is 1. The molecular weight excluding hydrogens is 466 g/mol. The SMILES string of the molecule is CCOC(=O)c1ccc(-c2ccc(CCNC[C@@H](O)c3ccccc3)cc2)cc1SC(C)C.Cl. The van der Waals surface area contributed by atoms with Gasteiger partial charge in [0.15, 0.2) is 0 Å². The second-order valence-corrected chi connectivity index (χ2v) is 9.79. The molecule has 0 fully saturated rings. The zero-order valence-corrected chi connectivity index (χ0v) is 21.6. The van der Waals surface area contributed by atoms with Gasteiger partial charge in [0.05, 0.1) is 18.3 Å². The minimum absolute atomic E-state index is 0. The van der Waals surface area contributed by atoms with Gasteiger partial charge >= 0.3 is 5.97 Å². The quantitative estimate of drug-likeness (QED) is 0.184. The first-order valence-corrected chi connectivity index (χ1v) is 12.4. The number of esters is 1. The number of halogens is 1. The van der Waals surface area contributed by atoms with Crippen molar-refractivity contribution < 1.29 is 14.6 Å². The van der Waals surface area contributed by atoms with Gasteiger partial charge in [0.1, 0.15) is 0 Å². The fourth-order valence-corrected chi connectivity index (χ4v) is 4.54. The van der Waals surface area contributed by atoms with E-state index in [0.29, 0.717) is 24.0 Å². The Morgan fingerprint density at radius 1 is 1.00 bits per heavy atom. The minimum Gasteiger partial charge on any atom is -0.462 e. The third kappa shape index (κ3) is 8.17. The average Bonchev–Trinajstić information content (AvgIpc) is 2.82. The number of hydrogen-bond donors (Lipinski definition) is 2. The first-order chi connectivity index (χ1) is 16.0. The Labute approximate surface area is 213 Å². The molecule has 3 aromatic rings. The Balaban J connectivity index is 0.00000408. The van der Waals surface area contributed by atoms with Crippen molar-refractivity contribution >= 4 is 30.1 Å². The highest BCUT2D eigenvalue weighted by atomic mass is 35.5. The summed E-state index contributed by atoms with van der Waals surface area (Å²) in [5.74, 6) is -0.271. The number of ether oxygens (including phenoxy) is 1. The van der Waals surface area contributed by atoms with Crippen molar-refractivity contribution in [1.82, 2.24) is 5.32 Å². The second kappa shape index (κ2) is 14.2. The minimum atomic E-state index is -0.496. The Hall–Kier alpha value is -2.31. The van der Waals surface area contributed by atoms with E-state index in [4.69, 9.17) is 4.74 Å². The molecule has 0 saturated carbocycles. The number of nitrogens with one attached hydrogen (secondary N) is 1. The number of rotatable bonds is 11. The van der Waals surface area contributed by atoms with E-state index in [1.165, 1.54) is 5.56 Å². The summed E-state index contributed by atoms with van der Waals surface area (Å²) in [6, 6.07) is 24.2. The van der Waals surface area contributed by atoms with Crippen LogP contribution in [0.25, 0.3) is 11.1 Å². The van der Waals surface area contributed by atoms with E-state index in [1.807, 2.05) is 49.4 Å². The van der Waals surface area contributed by atoms with Crippen LogP contribution in [-0.2, 0) is 11.2 Å². The van der Waals surface area contributed by atoms with E-state index in [-0.39, 0.29) is 18.4 Å². The van der Waals surface area contributed by atoms with Gasteiger partial charge in [-0.2, -0.15) is 0 Å². The maximum absolute atomic E-state index is 12.3. The second-order valence-electron chi connectivity index (χ2n) is 8.18. The first kappa shape index (κ1) is 27.9. The maximum atomic E-state index is 12.3. The normalized spacial score (nSPS) is 11.7. The molecule has 0 aromatic heterocycles. The average molecular weight is 500 g/mol. The summed E-state index contributed by atoms with van der Waals surface area (Å²) in [6.45, 7) is 7.76. The molecule has 0 bridgehead atoms. The van der Waals surface area contributed by atoms with Crippen LogP contribution in [0, 0.1) is 0 Å². The molecule has 0 heterocycles. The summed E-state index contributed by atoms with van der Waals surface area (Å²) < 4.78 is 5.22. The molecule has 0 amide bonds. The van der Waals surface area contributed by atoms with Crippen molar-refractivity contribution in [2.45, 2.75) is 43.4 Å². The Morgan fingerprint density at radius 3 is 2.32 bits per heavy atom. The first-order valence-electron chi connectivity index (χ1n) is 11.5. The Kier molecular flexibility index (Phi) is 11.6. The summed E-state index contributed by atoms with van der Waals surface area (Å²) >= 11 is 1.68. The standard InChI is InChI=1S/C28H33NO3S.ClH/c1-4-32-28(31)25-15-14-24(18-27(25)33-20(2)3)22-12-10-21(11-13-22)16-17-29-19-26(30)23-8-6-5-7-9-23;/h5-15,18,20,26,29-30H,4,16-17,19H2,1-3H3;1H/t26-;/m1./s1. The smallest absolute Gasteiger partial charge is 0.339 e. The lowest BCUT2D eigenvalue weighted by Gasteiger charge is -2.13. The van der Waals surface area contributed by atoms with Crippen molar-refractivity contribution in [3.05, 3.63) is 89.5 Å². The van der Waals surface area contributed by atoms with E-state index in [1.54, 1.807) is 11.8 Å². The molecule has 4 nitrogen and oxygen atoms in total. The van der Waals surface area contributed by atoms with Crippen LogP contribution < -0.4 is 5.32 Å². The van der Waals surface area contributed by atoms with Gasteiger partial charge in [0.25, 0.3) is 0 Å². The molecular formula is C28H34ClNO3S. The van der Waals surface area contributed by atoms with Crippen LogP contribution in [0.1, 0.15) is 48.4 Å². The molecule has 0 spiro atoms. The van der Waals surface area contributed by atoms with Gasteiger partial charge in [-0.1, -0.05) is 74.5 Å². The summed E-state index contributed by atoms with van der Waals surface area (Å²) in [4.78, 5) is 13.3. The summed E-state index contributed by atoms with van der Waals surface area (Å²) in [6.07, 6.45) is 0.391. The fraction of sp³-hybridized carbons (Fsp3) is 0.321. The Morgan fingerprint density at radius 2 is 1.68 bits per heavy atom. The largest absolute Gasteiger partial charge is 0.462 e. The highest BCUT2D eigenvalue weighted by Gasteiger charge is 2.15. The zero-order valence-electron chi connectivity index (χ0n) is 20.0. The lowest BCUT2D eigenvalue weighted by Crippen LogP contribution is -2.23. The highest BCUT2D eigenvalue weighted by Crippen LogP contribution is 2.32. The summed E-state index contributed by atoms with van der Waals surface area (Å²) in [7, 11) is 0. The van der Waals surface area contributed by atoms with E-state index in [2.05, 4.69) is 49.5 Å².